The number of nitrogens with two attached hydrogens (primary N) is 4. The first-order valence-electron chi connectivity index (χ1n) is 10.3. The number of Topliss-reactive ketones (excluding diaryl/α,β-unsaturated/α-hetero) is 1. The normalized spacial score (nSPS) is 21.0. The lowest BCUT2D eigenvalue weighted by molar-refractivity contribution is -0.154. The van der Waals surface area contributed by atoms with Gasteiger partial charge < -0.3 is 33.2 Å². The van der Waals surface area contributed by atoms with Crippen molar-refractivity contribution in [1.82, 2.24) is 10.2 Å². The van der Waals surface area contributed by atoms with Crippen LogP contribution in [0, 0.1) is 5.92 Å². The molecule has 0 unspecified atom stereocenters. The van der Waals surface area contributed by atoms with Crippen LogP contribution < -0.4 is 28.3 Å². The Morgan fingerprint density at radius 2 is 1.83 bits per heavy atom. The highest BCUT2D eigenvalue weighted by Gasteiger charge is 2.56. The molecule has 10 nitrogen and oxygen atoms in total. The lowest BCUT2D eigenvalue weighted by Crippen LogP contribution is -2.67. The molecule has 1 aliphatic heterocycles. The third-order valence-corrected chi connectivity index (χ3v) is 5.11. The summed E-state index contributed by atoms with van der Waals surface area (Å²) in [5.74, 6) is -1.17. The molecule has 0 bridgehead atoms. The Morgan fingerprint density at radius 1 is 1.17 bits per heavy atom. The fraction of sp³-hybridized carbons (Fsp3) is 0.789. The van der Waals surface area contributed by atoms with Gasteiger partial charge in [-0.2, -0.15) is 0 Å². The fourth-order valence-electron chi connectivity index (χ4n) is 3.79. The van der Waals surface area contributed by atoms with E-state index in [0.29, 0.717) is 38.8 Å². The predicted molar refractivity (Wildman–Crippen MR) is 113 cm³/mol. The number of likely N-dealkylation sites (N-methyl/N-ethyl adjacent to an activating group) is 1. The topological polar surface area (TPSA) is 183 Å². The van der Waals surface area contributed by atoms with E-state index in [9.17, 15) is 14.4 Å². The second-order valence-corrected chi connectivity index (χ2v) is 7.97. The van der Waals surface area contributed by atoms with E-state index in [0.717, 1.165) is 0 Å². The molecule has 166 valence electrons. The summed E-state index contributed by atoms with van der Waals surface area (Å²) in [5, 5.41) is 2.71. The SMILES string of the molecule is CCNC(=O)[C@]1(C(=O)[C@@H](N)CC(C)C)CCCN1C(=O)[C@@H](N)CCCN=C(N)N. The molecule has 0 spiro atoms. The Kier molecular flexibility index (Phi) is 9.51. The maximum atomic E-state index is 13.3. The molecule has 2 amide bonds. The molecule has 1 saturated heterocycles. The van der Waals surface area contributed by atoms with Gasteiger partial charge in [-0.25, -0.2) is 0 Å². The van der Waals surface area contributed by atoms with Gasteiger partial charge in [0, 0.05) is 19.6 Å². The maximum absolute atomic E-state index is 13.3. The first-order valence-corrected chi connectivity index (χ1v) is 10.3. The number of carbonyl (C=O) groups excluding carboxylic acids is 3. The number of carbonyl (C=O) groups is 3. The van der Waals surface area contributed by atoms with Crippen molar-refractivity contribution in [2.75, 3.05) is 19.6 Å². The Bertz CT molecular complexity index is 619. The predicted octanol–water partition coefficient (Wildman–Crippen LogP) is -1.19. The minimum absolute atomic E-state index is 0.0237. The van der Waals surface area contributed by atoms with Crippen molar-refractivity contribution in [3.05, 3.63) is 0 Å². The summed E-state index contributed by atoms with van der Waals surface area (Å²) in [6, 6.07) is -1.69. The van der Waals surface area contributed by atoms with Gasteiger partial charge in [-0.15, -0.1) is 0 Å². The van der Waals surface area contributed by atoms with Crippen molar-refractivity contribution in [3.8, 4) is 0 Å². The van der Waals surface area contributed by atoms with Crippen LogP contribution in [0.5, 0.6) is 0 Å². The zero-order chi connectivity index (χ0) is 22.2. The maximum Gasteiger partial charge on any atom is 0.253 e. The smallest absolute Gasteiger partial charge is 0.253 e. The Labute approximate surface area is 172 Å². The van der Waals surface area contributed by atoms with E-state index >= 15 is 0 Å². The van der Waals surface area contributed by atoms with E-state index in [1.165, 1.54) is 4.90 Å². The summed E-state index contributed by atoms with van der Waals surface area (Å²) >= 11 is 0. The number of nitrogens with one attached hydrogen (secondary N) is 1. The van der Waals surface area contributed by atoms with Crippen LogP contribution in [0.2, 0.25) is 0 Å². The van der Waals surface area contributed by atoms with Crippen LogP contribution in [-0.4, -0.2) is 65.7 Å². The van der Waals surface area contributed by atoms with Gasteiger partial charge in [0.25, 0.3) is 5.91 Å². The van der Waals surface area contributed by atoms with Crippen LogP contribution in [0.4, 0.5) is 0 Å². The van der Waals surface area contributed by atoms with Gasteiger partial charge in [0.05, 0.1) is 12.1 Å². The van der Waals surface area contributed by atoms with E-state index in [2.05, 4.69) is 10.3 Å². The molecule has 0 aromatic carbocycles. The van der Waals surface area contributed by atoms with Crippen LogP contribution in [0.15, 0.2) is 4.99 Å². The summed E-state index contributed by atoms with van der Waals surface area (Å²) in [7, 11) is 0. The van der Waals surface area contributed by atoms with Crippen LogP contribution in [0.3, 0.4) is 0 Å². The molecule has 1 rings (SSSR count). The molecule has 0 radical (unpaired) electrons. The second kappa shape index (κ2) is 11.1. The lowest BCUT2D eigenvalue weighted by Gasteiger charge is -2.38. The van der Waals surface area contributed by atoms with E-state index in [1.54, 1.807) is 6.92 Å². The van der Waals surface area contributed by atoms with Gasteiger partial charge >= 0.3 is 0 Å². The quantitative estimate of drug-likeness (QED) is 0.122. The van der Waals surface area contributed by atoms with Crippen molar-refractivity contribution in [3.63, 3.8) is 0 Å². The number of guanidine groups is 1. The van der Waals surface area contributed by atoms with Gasteiger partial charge in [-0.05, 0) is 44.9 Å². The second-order valence-electron chi connectivity index (χ2n) is 7.97. The number of likely N-dealkylation sites (tertiary alicyclic amines) is 1. The Hall–Kier alpha value is -2.20. The number of nitrogens with zero attached hydrogens (tertiary/aromatic N) is 2. The Morgan fingerprint density at radius 3 is 2.38 bits per heavy atom. The van der Waals surface area contributed by atoms with Gasteiger partial charge in [0.1, 0.15) is 0 Å². The number of hydrogen-bond donors (Lipinski definition) is 5. The number of ketones is 1. The molecule has 1 heterocycles. The number of hydrogen-bond acceptors (Lipinski definition) is 6. The highest BCUT2D eigenvalue weighted by atomic mass is 16.2. The third-order valence-electron chi connectivity index (χ3n) is 5.11. The van der Waals surface area contributed by atoms with Crippen molar-refractivity contribution >= 4 is 23.6 Å². The molecule has 3 atom stereocenters. The van der Waals surface area contributed by atoms with Gasteiger partial charge in [-0.1, -0.05) is 13.8 Å². The van der Waals surface area contributed by atoms with Crippen molar-refractivity contribution in [2.45, 2.75) is 70.5 Å². The van der Waals surface area contributed by atoms with E-state index in [4.69, 9.17) is 22.9 Å². The standard InChI is InChI=1S/C19H37N7O3/c1-4-24-17(29)19(15(27)14(21)11-12(2)3)8-6-10-26(19)16(28)13(20)7-5-9-25-18(22)23/h12-14H,4-11,20-21H2,1-3H3,(H,24,29)(H4,22,23,25)/t13-,14-,19+/m0/s1. The molecule has 0 aliphatic carbocycles. The molecule has 0 aromatic rings. The van der Waals surface area contributed by atoms with Crippen molar-refractivity contribution < 1.29 is 14.4 Å². The molecule has 1 aliphatic rings. The summed E-state index contributed by atoms with van der Waals surface area (Å²) < 4.78 is 0. The van der Waals surface area contributed by atoms with Crippen LogP contribution in [0.25, 0.3) is 0 Å². The minimum atomic E-state index is -1.60. The summed E-state index contributed by atoms with van der Waals surface area (Å²) in [6.07, 6.45) is 2.06. The lowest BCUT2D eigenvalue weighted by atomic mass is 9.83. The molecular weight excluding hydrogens is 374 g/mol. The zero-order valence-electron chi connectivity index (χ0n) is 17.8. The van der Waals surface area contributed by atoms with E-state index in [1.807, 2.05) is 13.8 Å². The highest BCUT2D eigenvalue weighted by Crippen LogP contribution is 2.33. The largest absolute Gasteiger partial charge is 0.370 e. The molecule has 0 saturated carbocycles. The average Bonchev–Trinajstić information content (AvgIpc) is 3.09. The summed E-state index contributed by atoms with van der Waals surface area (Å²) in [6.45, 7) is 6.66. The van der Waals surface area contributed by atoms with E-state index in [-0.39, 0.29) is 24.8 Å². The monoisotopic (exact) mass is 411 g/mol. The fourth-order valence-corrected chi connectivity index (χ4v) is 3.79. The zero-order valence-corrected chi connectivity index (χ0v) is 17.8. The molecule has 1 fully saturated rings. The van der Waals surface area contributed by atoms with E-state index < -0.39 is 35.2 Å². The molecule has 29 heavy (non-hydrogen) atoms. The van der Waals surface area contributed by atoms with Gasteiger partial charge in [0.2, 0.25) is 5.91 Å². The Balaban J connectivity index is 3.08. The van der Waals surface area contributed by atoms with Crippen molar-refractivity contribution in [2.24, 2.45) is 33.8 Å². The average molecular weight is 412 g/mol. The summed E-state index contributed by atoms with van der Waals surface area (Å²) in [5.41, 5.74) is 21.2. The minimum Gasteiger partial charge on any atom is -0.370 e. The summed E-state index contributed by atoms with van der Waals surface area (Å²) in [4.78, 5) is 44.6. The first-order chi connectivity index (χ1) is 13.6. The van der Waals surface area contributed by atoms with Crippen molar-refractivity contribution in [1.29, 1.82) is 0 Å². The van der Waals surface area contributed by atoms with Gasteiger partial charge in [0.15, 0.2) is 17.3 Å². The number of amides is 2. The molecule has 10 heteroatoms. The molecular formula is C19H37N7O3. The molecule has 0 aromatic heterocycles. The number of aliphatic imine (C=N–C) groups is 1. The molecule has 9 N–H and O–H groups in total. The highest BCUT2D eigenvalue weighted by molar-refractivity contribution is 6.15. The first kappa shape index (κ1) is 24.8. The van der Waals surface area contributed by atoms with Crippen LogP contribution in [-0.2, 0) is 14.4 Å². The number of rotatable bonds is 11. The third kappa shape index (κ3) is 6.14. The van der Waals surface area contributed by atoms with Gasteiger partial charge in [-0.3, -0.25) is 19.4 Å². The van der Waals surface area contributed by atoms with Crippen LogP contribution in [0.1, 0.15) is 52.9 Å². The van der Waals surface area contributed by atoms with Crippen LogP contribution >= 0.6 is 0 Å².